The minimum Gasteiger partial charge on any atom is -0.317 e. The van der Waals surface area contributed by atoms with E-state index in [1.807, 2.05) is 0 Å². The predicted octanol–water partition coefficient (Wildman–Crippen LogP) is 2.79. The maximum Gasteiger partial charge on any atom is -0.00196 e. The van der Waals surface area contributed by atoms with Crippen LogP contribution in [-0.4, -0.2) is 26.2 Å². The van der Waals surface area contributed by atoms with Crippen molar-refractivity contribution in [2.24, 2.45) is 17.8 Å². The number of rotatable bonds is 5. The van der Waals surface area contributed by atoms with Gasteiger partial charge in [-0.3, -0.25) is 0 Å². The lowest BCUT2D eigenvalue weighted by Gasteiger charge is -2.27. The SMILES string of the molecule is CC1CCCC(CCNCC2CCNCC2)C1. The number of nitrogens with one attached hydrogen (secondary N) is 2. The van der Waals surface area contributed by atoms with Crippen molar-refractivity contribution in [3.05, 3.63) is 0 Å². The third-order valence-corrected chi connectivity index (χ3v) is 4.67. The highest BCUT2D eigenvalue weighted by Gasteiger charge is 2.18. The third-order valence-electron chi connectivity index (χ3n) is 4.67. The van der Waals surface area contributed by atoms with E-state index < -0.39 is 0 Å². The molecule has 2 heteroatoms. The molecule has 0 aromatic heterocycles. The smallest absolute Gasteiger partial charge is 0.00196 e. The second-order valence-corrected chi connectivity index (χ2v) is 6.32. The molecule has 1 saturated carbocycles. The average Bonchev–Trinajstić information content (AvgIpc) is 2.36. The fourth-order valence-corrected chi connectivity index (χ4v) is 3.52. The Morgan fingerprint density at radius 3 is 2.65 bits per heavy atom. The molecule has 2 unspecified atom stereocenters. The molecule has 0 radical (unpaired) electrons. The summed E-state index contributed by atoms with van der Waals surface area (Å²) in [6.07, 6.45) is 10.1. The molecule has 100 valence electrons. The van der Waals surface area contributed by atoms with Crippen molar-refractivity contribution in [1.82, 2.24) is 10.6 Å². The van der Waals surface area contributed by atoms with E-state index in [1.54, 1.807) is 0 Å². The van der Waals surface area contributed by atoms with Gasteiger partial charge >= 0.3 is 0 Å². The molecular formula is C15H30N2. The Hall–Kier alpha value is -0.0800. The standard InChI is InChI=1S/C15H30N2/c1-13-3-2-4-14(11-13)5-10-17-12-15-6-8-16-9-7-15/h13-17H,2-12H2,1H3. The lowest BCUT2D eigenvalue weighted by atomic mass is 9.81. The maximum absolute atomic E-state index is 3.69. The Labute approximate surface area is 107 Å². The van der Waals surface area contributed by atoms with E-state index >= 15 is 0 Å². The van der Waals surface area contributed by atoms with Gasteiger partial charge in [-0.1, -0.05) is 26.2 Å². The van der Waals surface area contributed by atoms with Crippen LogP contribution in [0.5, 0.6) is 0 Å². The van der Waals surface area contributed by atoms with Crippen molar-refractivity contribution in [2.45, 2.75) is 51.9 Å². The predicted molar refractivity (Wildman–Crippen MR) is 74.2 cm³/mol. The van der Waals surface area contributed by atoms with Gasteiger partial charge in [0, 0.05) is 0 Å². The van der Waals surface area contributed by atoms with Crippen LogP contribution in [0.15, 0.2) is 0 Å². The van der Waals surface area contributed by atoms with E-state index in [-0.39, 0.29) is 0 Å². The van der Waals surface area contributed by atoms with Crippen LogP contribution < -0.4 is 10.6 Å². The van der Waals surface area contributed by atoms with Gasteiger partial charge in [0.2, 0.25) is 0 Å². The summed E-state index contributed by atoms with van der Waals surface area (Å²) in [6, 6.07) is 0. The van der Waals surface area contributed by atoms with Gasteiger partial charge in [-0.25, -0.2) is 0 Å². The number of hydrogen-bond acceptors (Lipinski definition) is 2. The molecule has 2 N–H and O–H groups in total. The summed E-state index contributed by atoms with van der Waals surface area (Å²) < 4.78 is 0. The van der Waals surface area contributed by atoms with E-state index in [0.29, 0.717) is 0 Å². The molecule has 0 aromatic carbocycles. The van der Waals surface area contributed by atoms with Gasteiger partial charge in [-0.2, -0.15) is 0 Å². The van der Waals surface area contributed by atoms with E-state index in [4.69, 9.17) is 0 Å². The molecule has 2 fully saturated rings. The first-order valence-corrected chi connectivity index (χ1v) is 7.76. The van der Waals surface area contributed by atoms with Crippen LogP contribution in [-0.2, 0) is 0 Å². The molecule has 17 heavy (non-hydrogen) atoms. The van der Waals surface area contributed by atoms with E-state index in [2.05, 4.69) is 17.6 Å². The zero-order valence-electron chi connectivity index (χ0n) is 11.5. The number of piperidine rings is 1. The molecule has 1 heterocycles. The highest BCUT2D eigenvalue weighted by Crippen LogP contribution is 2.30. The van der Waals surface area contributed by atoms with Crippen molar-refractivity contribution in [1.29, 1.82) is 0 Å². The van der Waals surface area contributed by atoms with Crippen LogP contribution in [0.2, 0.25) is 0 Å². The van der Waals surface area contributed by atoms with Crippen molar-refractivity contribution in [3.8, 4) is 0 Å². The van der Waals surface area contributed by atoms with Gasteiger partial charge in [0.1, 0.15) is 0 Å². The van der Waals surface area contributed by atoms with Gasteiger partial charge in [-0.05, 0) is 69.6 Å². The van der Waals surface area contributed by atoms with E-state index in [1.165, 1.54) is 71.1 Å². The summed E-state index contributed by atoms with van der Waals surface area (Å²) in [4.78, 5) is 0. The minimum atomic E-state index is 0.932. The van der Waals surface area contributed by atoms with Gasteiger partial charge < -0.3 is 10.6 Å². The zero-order valence-corrected chi connectivity index (χ0v) is 11.5. The van der Waals surface area contributed by atoms with Crippen LogP contribution in [0, 0.1) is 17.8 Å². The molecule has 0 spiro atoms. The zero-order chi connectivity index (χ0) is 11.9. The van der Waals surface area contributed by atoms with E-state index in [0.717, 1.165) is 17.8 Å². The maximum atomic E-state index is 3.69. The molecule has 2 nitrogen and oxygen atoms in total. The monoisotopic (exact) mass is 238 g/mol. The van der Waals surface area contributed by atoms with Crippen molar-refractivity contribution in [3.63, 3.8) is 0 Å². The fourth-order valence-electron chi connectivity index (χ4n) is 3.52. The molecule has 1 saturated heterocycles. The highest BCUT2D eigenvalue weighted by molar-refractivity contribution is 4.73. The van der Waals surface area contributed by atoms with Crippen LogP contribution in [0.1, 0.15) is 51.9 Å². The Balaban J connectivity index is 1.50. The first-order chi connectivity index (χ1) is 8.34. The van der Waals surface area contributed by atoms with Gasteiger partial charge in [0.25, 0.3) is 0 Å². The average molecular weight is 238 g/mol. The second-order valence-electron chi connectivity index (χ2n) is 6.32. The van der Waals surface area contributed by atoms with Crippen LogP contribution in [0.4, 0.5) is 0 Å². The normalized spacial score (nSPS) is 31.6. The quantitative estimate of drug-likeness (QED) is 0.720. The molecule has 0 bridgehead atoms. The molecule has 0 amide bonds. The topological polar surface area (TPSA) is 24.1 Å². The van der Waals surface area contributed by atoms with Gasteiger partial charge in [0.05, 0.1) is 0 Å². The van der Waals surface area contributed by atoms with Crippen molar-refractivity contribution in [2.75, 3.05) is 26.2 Å². The second kappa shape index (κ2) is 7.38. The summed E-state index contributed by atoms with van der Waals surface area (Å²) in [5.41, 5.74) is 0. The van der Waals surface area contributed by atoms with Crippen molar-refractivity contribution < 1.29 is 0 Å². The van der Waals surface area contributed by atoms with Crippen molar-refractivity contribution >= 4 is 0 Å². The summed E-state index contributed by atoms with van der Waals surface area (Å²) in [5.74, 6) is 2.93. The summed E-state index contributed by atoms with van der Waals surface area (Å²) in [6.45, 7) is 7.39. The van der Waals surface area contributed by atoms with Crippen LogP contribution in [0.3, 0.4) is 0 Å². The first kappa shape index (κ1) is 13.4. The molecule has 2 aliphatic rings. The summed E-state index contributed by atoms with van der Waals surface area (Å²) in [5, 5.41) is 7.12. The molecule has 0 aromatic rings. The third kappa shape index (κ3) is 4.97. The van der Waals surface area contributed by atoms with Crippen LogP contribution in [0.25, 0.3) is 0 Å². The Morgan fingerprint density at radius 1 is 1.06 bits per heavy atom. The fraction of sp³-hybridized carbons (Fsp3) is 1.00. The largest absolute Gasteiger partial charge is 0.317 e. The lowest BCUT2D eigenvalue weighted by molar-refractivity contribution is 0.264. The minimum absolute atomic E-state index is 0.932. The Bertz CT molecular complexity index is 199. The van der Waals surface area contributed by atoms with Gasteiger partial charge in [0.15, 0.2) is 0 Å². The van der Waals surface area contributed by atoms with E-state index in [9.17, 15) is 0 Å². The molecular weight excluding hydrogens is 208 g/mol. The lowest BCUT2D eigenvalue weighted by Crippen LogP contribution is -2.34. The summed E-state index contributed by atoms with van der Waals surface area (Å²) in [7, 11) is 0. The summed E-state index contributed by atoms with van der Waals surface area (Å²) >= 11 is 0. The Morgan fingerprint density at radius 2 is 1.88 bits per heavy atom. The molecule has 1 aliphatic heterocycles. The number of hydrogen-bond donors (Lipinski definition) is 2. The highest BCUT2D eigenvalue weighted by atomic mass is 14.9. The Kier molecular flexibility index (Phi) is 5.79. The first-order valence-electron chi connectivity index (χ1n) is 7.76. The molecule has 2 atom stereocenters. The molecule has 1 aliphatic carbocycles. The van der Waals surface area contributed by atoms with Crippen LogP contribution >= 0.6 is 0 Å². The van der Waals surface area contributed by atoms with Gasteiger partial charge in [-0.15, -0.1) is 0 Å². The molecule has 2 rings (SSSR count).